The number of hydrogen-bond donors (Lipinski definition) is 9. The highest BCUT2D eigenvalue weighted by atomic mass is 31.0. The number of carboxylic acids is 2. The zero-order valence-electron chi connectivity index (χ0n) is 35.5. The highest BCUT2D eigenvalue weighted by Crippen LogP contribution is 2.26. The standard InChI is InChI=1S/C40H76N5O14P/c46-33(19-18-32(39(52)53)44-34(47)16-11-9-7-5-3-1-2-4-6-8-10-12-17-37(50)51)42-21-23-55-25-28-58-30-36(49)43-22-24-56-26-27-57-29-35(48)41-20-14-13-15-31(45-60)38-40(54)59-38/h31-32,34,38,40,44-45,47,54H,1-30,60H2,(H,41,48)(H,42,46)(H,43,49)(H,50,51)(H,52,53)/t31-,32-,34?,38?,40?/m0/s1. The average Bonchev–Trinajstić information content (AvgIpc) is 3.95. The molecule has 0 aromatic rings. The molecule has 6 atom stereocenters. The number of amides is 3. The van der Waals surface area contributed by atoms with Gasteiger partial charge in [-0.1, -0.05) is 80.0 Å². The van der Waals surface area contributed by atoms with Crippen LogP contribution in [0.5, 0.6) is 0 Å². The molecule has 0 aromatic heterocycles. The lowest BCUT2D eigenvalue weighted by Gasteiger charge is -2.19. The topological polar surface area (TPSA) is 276 Å². The number of rotatable bonds is 44. The van der Waals surface area contributed by atoms with E-state index in [9.17, 15) is 39.3 Å². The fraction of sp³-hybridized carbons (Fsp3) is 0.875. The molecular formula is C40H76N5O14P. The van der Waals surface area contributed by atoms with Gasteiger partial charge in [0, 0.05) is 38.5 Å². The SMILES string of the molecule is O=C(O)CCCCCCCCCCCCCCC(O)N[C@@H](CCC(=O)NCCOCCOCC(=O)NCCOCCOCC(=O)NCCCC[C@H](NP)C1OC1O)C(=O)O. The lowest BCUT2D eigenvalue weighted by atomic mass is 10.0. The van der Waals surface area contributed by atoms with Crippen LogP contribution in [-0.2, 0) is 47.7 Å². The molecule has 1 fully saturated rings. The summed E-state index contributed by atoms with van der Waals surface area (Å²) in [4.78, 5) is 58.2. The molecule has 0 aliphatic carbocycles. The van der Waals surface area contributed by atoms with E-state index in [2.05, 4.69) is 35.7 Å². The van der Waals surface area contributed by atoms with Gasteiger partial charge in [0.2, 0.25) is 17.7 Å². The Morgan fingerprint density at radius 2 is 1.03 bits per heavy atom. The van der Waals surface area contributed by atoms with Crippen LogP contribution in [0.2, 0.25) is 0 Å². The van der Waals surface area contributed by atoms with Crippen molar-refractivity contribution in [3.05, 3.63) is 0 Å². The van der Waals surface area contributed by atoms with Crippen molar-refractivity contribution in [2.45, 2.75) is 153 Å². The summed E-state index contributed by atoms with van der Waals surface area (Å²) in [6.45, 7) is 2.20. The number of aliphatic hydroxyl groups excluding tert-OH is 2. The third-order valence-electron chi connectivity index (χ3n) is 9.69. The first-order valence-electron chi connectivity index (χ1n) is 21.8. The Balaban J connectivity index is 1.89. The van der Waals surface area contributed by atoms with Crippen molar-refractivity contribution in [2.75, 3.05) is 72.5 Å². The minimum absolute atomic E-state index is 0.0263. The number of ether oxygens (including phenoxy) is 5. The van der Waals surface area contributed by atoms with Gasteiger partial charge in [0.25, 0.3) is 0 Å². The first-order chi connectivity index (χ1) is 29.0. The van der Waals surface area contributed by atoms with Gasteiger partial charge in [0.05, 0.1) is 39.6 Å². The summed E-state index contributed by atoms with van der Waals surface area (Å²) in [5, 5.41) is 51.7. The van der Waals surface area contributed by atoms with Crippen LogP contribution in [-0.4, -0.2) is 153 Å². The number of carboxylic acid groups (broad SMARTS) is 2. The Hall–Kier alpha value is -2.58. The van der Waals surface area contributed by atoms with Crippen LogP contribution >= 0.6 is 9.39 Å². The van der Waals surface area contributed by atoms with E-state index in [1.165, 1.54) is 25.7 Å². The van der Waals surface area contributed by atoms with Crippen LogP contribution in [0.15, 0.2) is 0 Å². The Kier molecular flexibility index (Phi) is 35.2. The number of unbranched alkanes of at least 4 members (excludes halogenated alkanes) is 12. The highest BCUT2D eigenvalue weighted by Gasteiger charge is 2.42. The van der Waals surface area contributed by atoms with Crippen LogP contribution in [0.1, 0.15) is 122 Å². The number of carbonyl (C=O) groups is 5. The summed E-state index contributed by atoms with van der Waals surface area (Å²) in [6, 6.07) is -0.977. The monoisotopic (exact) mass is 882 g/mol. The van der Waals surface area contributed by atoms with E-state index in [0.29, 0.717) is 13.0 Å². The summed E-state index contributed by atoms with van der Waals surface area (Å²) >= 11 is 0. The van der Waals surface area contributed by atoms with Crippen molar-refractivity contribution in [2.24, 2.45) is 0 Å². The normalized spacial score (nSPS) is 16.2. The van der Waals surface area contributed by atoms with E-state index < -0.39 is 30.5 Å². The number of nitrogens with one attached hydrogen (secondary N) is 5. The molecule has 0 spiro atoms. The third-order valence-corrected chi connectivity index (χ3v) is 10.1. The zero-order chi connectivity index (χ0) is 44.1. The maximum atomic E-state index is 12.2. The van der Waals surface area contributed by atoms with Crippen LogP contribution in [0.4, 0.5) is 0 Å². The molecule has 350 valence electrons. The lowest BCUT2D eigenvalue weighted by Crippen LogP contribution is -2.44. The van der Waals surface area contributed by atoms with Crippen LogP contribution in [0.3, 0.4) is 0 Å². The quantitative estimate of drug-likeness (QED) is 0.0182. The minimum Gasteiger partial charge on any atom is -0.481 e. The predicted octanol–water partition coefficient (Wildman–Crippen LogP) is 1.72. The molecule has 1 heterocycles. The van der Waals surface area contributed by atoms with Gasteiger partial charge in [0.15, 0.2) is 6.29 Å². The van der Waals surface area contributed by atoms with Crippen LogP contribution in [0, 0.1) is 0 Å². The molecule has 0 radical (unpaired) electrons. The van der Waals surface area contributed by atoms with Gasteiger partial charge in [-0.25, -0.2) is 0 Å². The first-order valence-corrected chi connectivity index (χ1v) is 22.4. The molecule has 20 heteroatoms. The molecule has 9 N–H and O–H groups in total. The molecular weight excluding hydrogens is 805 g/mol. The molecule has 0 saturated carbocycles. The minimum atomic E-state index is -1.13. The molecule has 0 aromatic carbocycles. The van der Waals surface area contributed by atoms with Gasteiger partial charge in [-0.15, -0.1) is 0 Å². The number of carbonyl (C=O) groups excluding carboxylic acids is 3. The number of hydrogen-bond acceptors (Lipinski definition) is 14. The number of epoxide rings is 1. The zero-order valence-corrected chi connectivity index (χ0v) is 36.7. The maximum absolute atomic E-state index is 12.2. The fourth-order valence-electron chi connectivity index (χ4n) is 6.20. The summed E-state index contributed by atoms with van der Waals surface area (Å²) < 4.78 is 26.4. The van der Waals surface area contributed by atoms with Crippen molar-refractivity contribution in [1.82, 2.24) is 26.4 Å². The van der Waals surface area contributed by atoms with Crippen molar-refractivity contribution in [3.8, 4) is 0 Å². The largest absolute Gasteiger partial charge is 0.481 e. The second-order valence-electron chi connectivity index (χ2n) is 14.9. The summed E-state index contributed by atoms with van der Waals surface area (Å²) in [7, 11) is 2.44. The van der Waals surface area contributed by atoms with E-state index in [0.717, 1.165) is 70.6 Å². The Labute approximate surface area is 358 Å². The Bertz CT molecular complexity index is 1150. The van der Waals surface area contributed by atoms with E-state index in [1.54, 1.807) is 0 Å². The second kappa shape index (κ2) is 38.1. The predicted molar refractivity (Wildman–Crippen MR) is 226 cm³/mol. The van der Waals surface area contributed by atoms with Gasteiger partial charge in [-0.2, -0.15) is 0 Å². The molecule has 0 bridgehead atoms. The second-order valence-corrected chi connectivity index (χ2v) is 15.3. The van der Waals surface area contributed by atoms with Crippen LogP contribution < -0.4 is 26.4 Å². The lowest BCUT2D eigenvalue weighted by molar-refractivity contribution is -0.141. The smallest absolute Gasteiger partial charge is 0.320 e. The van der Waals surface area contributed by atoms with Gasteiger partial charge in [0.1, 0.15) is 31.6 Å². The first kappa shape index (κ1) is 55.4. The van der Waals surface area contributed by atoms with E-state index in [4.69, 9.17) is 28.8 Å². The van der Waals surface area contributed by atoms with Crippen molar-refractivity contribution in [1.29, 1.82) is 0 Å². The number of aliphatic hydroxyl groups is 2. The molecule has 1 aliphatic rings. The summed E-state index contributed by atoms with van der Waals surface area (Å²) in [5.74, 6) is -2.70. The average molecular weight is 882 g/mol. The van der Waals surface area contributed by atoms with Crippen molar-refractivity contribution >= 4 is 39.1 Å². The summed E-state index contributed by atoms with van der Waals surface area (Å²) in [6.07, 6.45) is 14.0. The number of aliphatic carboxylic acids is 2. The van der Waals surface area contributed by atoms with Gasteiger partial charge in [-0.05, 0) is 38.5 Å². The summed E-state index contributed by atoms with van der Waals surface area (Å²) in [5.41, 5.74) is 0. The molecule has 4 unspecified atom stereocenters. The fourth-order valence-corrected chi connectivity index (χ4v) is 6.56. The van der Waals surface area contributed by atoms with Crippen LogP contribution in [0.25, 0.3) is 0 Å². The van der Waals surface area contributed by atoms with Gasteiger partial charge in [-0.3, -0.25) is 34.4 Å². The van der Waals surface area contributed by atoms with Crippen molar-refractivity contribution < 1.29 is 68.1 Å². The van der Waals surface area contributed by atoms with E-state index in [1.807, 2.05) is 0 Å². The van der Waals surface area contributed by atoms with Gasteiger partial charge >= 0.3 is 11.9 Å². The maximum Gasteiger partial charge on any atom is 0.320 e. The van der Waals surface area contributed by atoms with E-state index in [-0.39, 0.29) is 115 Å². The molecule has 60 heavy (non-hydrogen) atoms. The third kappa shape index (κ3) is 34.1. The molecule has 1 aliphatic heterocycles. The van der Waals surface area contributed by atoms with Crippen molar-refractivity contribution in [3.63, 3.8) is 0 Å². The van der Waals surface area contributed by atoms with E-state index >= 15 is 0 Å². The molecule has 1 saturated heterocycles. The highest BCUT2D eigenvalue weighted by molar-refractivity contribution is 7.13. The molecule has 19 nitrogen and oxygen atoms in total. The Morgan fingerprint density at radius 1 is 0.567 bits per heavy atom. The van der Waals surface area contributed by atoms with Gasteiger partial charge < -0.3 is 60.1 Å². The molecule has 3 amide bonds. The molecule has 1 rings (SSSR count). The Morgan fingerprint density at radius 3 is 1.53 bits per heavy atom.